The second-order valence-electron chi connectivity index (χ2n) is 4.67. The van der Waals surface area contributed by atoms with Gasteiger partial charge in [0.15, 0.2) is 0 Å². The molecule has 2 nitrogen and oxygen atoms in total. The Bertz CT molecular complexity index is 510. The van der Waals surface area contributed by atoms with Crippen LogP contribution in [0.5, 0.6) is 5.75 Å². The van der Waals surface area contributed by atoms with Crippen molar-refractivity contribution in [1.82, 2.24) is 0 Å². The fraction of sp³-hybridized carbons (Fsp3) is 0.294. The molecule has 0 aliphatic heterocycles. The highest BCUT2D eigenvalue weighted by molar-refractivity contribution is 5.23. The summed E-state index contributed by atoms with van der Waals surface area (Å²) in [5.41, 5.74) is 0.801. The summed E-state index contributed by atoms with van der Waals surface area (Å²) in [7, 11) is 0. The van der Waals surface area contributed by atoms with Gasteiger partial charge >= 0.3 is 0 Å². The van der Waals surface area contributed by atoms with Crippen molar-refractivity contribution in [2.24, 2.45) is 0 Å². The van der Waals surface area contributed by atoms with Crippen LogP contribution < -0.4 is 4.74 Å². The third-order valence-corrected chi connectivity index (χ3v) is 3.06. The molecule has 0 amide bonds. The molecule has 0 spiro atoms. The van der Waals surface area contributed by atoms with E-state index in [0.29, 0.717) is 0 Å². The Balaban J connectivity index is 2.18. The molecule has 0 saturated heterocycles. The van der Waals surface area contributed by atoms with Gasteiger partial charge in [0.05, 0.1) is 6.10 Å². The van der Waals surface area contributed by atoms with Gasteiger partial charge in [0.2, 0.25) is 6.29 Å². The fourth-order valence-electron chi connectivity index (χ4n) is 1.72. The zero-order chi connectivity index (χ0) is 14.4. The number of hydrogen-bond acceptors (Lipinski definition) is 2. The van der Waals surface area contributed by atoms with E-state index in [-0.39, 0.29) is 11.9 Å². The monoisotopic (exact) mass is 274 g/mol. The molecule has 2 aromatic carbocycles. The molecule has 0 fully saturated rings. The molecule has 20 heavy (non-hydrogen) atoms. The first-order valence-corrected chi connectivity index (χ1v) is 6.81. The molecule has 2 atom stereocenters. The molecule has 2 aromatic rings. The predicted molar refractivity (Wildman–Crippen MR) is 77.0 cm³/mol. The molecular weight excluding hydrogens is 255 g/mol. The molecule has 0 bridgehead atoms. The van der Waals surface area contributed by atoms with E-state index in [2.05, 4.69) is 6.92 Å². The number of benzene rings is 2. The van der Waals surface area contributed by atoms with Gasteiger partial charge in [0.1, 0.15) is 11.6 Å². The van der Waals surface area contributed by atoms with E-state index in [1.165, 1.54) is 12.1 Å². The minimum Gasteiger partial charge on any atom is -0.461 e. The zero-order valence-electron chi connectivity index (χ0n) is 11.8. The van der Waals surface area contributed by atoms with Gasteiger partial charge in [-0.25, -0.2) is 4.39 Å². The lowest BCUT2D eigenvalue weighted by Crippen LogP contribution is -2.18. The first-order chi connectivity index (χ1) is 9.69. The van der Waals surface area contributed by atoms with E-state index in [0.717, 1.165) is 17.7 Å². The normalized spacial score (nSPS) is 13.8. The molecule has 0 N–H and O–H groups in total. The molecule has 106 valence electrons. The fourth-order valence-corrected chi connectivity index (χ4v) is 1.72. The van der Waals surface area contributed by atoms with E-state index in [1.54, 1.807) is 12.1 Å². The maximum absolute atomic E-state index is 13.0. The third kappa shape index (κ3) is 4.07. The maximum Gasteiger partial charge on any atom is 0.226 e. The summed E-state index contributed by atoms with van der Waals surface area (Å²) in [6.07, 6.45) is 0.414. The Hall–Kier alpha value is -1.87. The smallest absolute Gasteiger partial charge is 0.226 e. The first-order valence-electron chi connectivity index (χ1n) is 6.81. The van der Waals surface area contributed by atoms with Crippen LogP contribution in [0.1, 0.15) is 32.1 Å². The molecule has 0 radical (unpaired) electrons. The van der Waals surface area contributed by atoms with Crippen LogP contribution in [0.25, 0.3) is 0 Å². The Morgan fingerprint density at radius 1 is 1.00 bits per heavy atom. The lowest BCUT2D eigenvalue weighted by molar-refractivity contribution is -0.118. The van der Waals surface area contributed by atoms with Crippen molar-refractivity contribution in [1.29, 1.82) is 0 Å². The summed E-state index contributed by atoms with van der Waals surface area (Å²) in [5.74, 6) is 0.459. The molecule has 3 heteroatoms. The topological polar surface area (TPSA) is 18.5 Å². The quantitative estimate of drug-likeness (QED) is 0.710. The largest absolute Gasteiger partial charge is 0.461 e. The Labute approximate surface area is 119 Å². The summed E-state index contributed by atoms with van der Waals surface area (Å²) in [5, 5.41) is 0. The van der Waals surface area contributed by atoms with Crippen LogP contribution in [0.3, 0.4) is 0 Å². The maximum atomic E-state index is 13.0. The lowest BCUT2D eigenvalue weighted by Gasteiger charge is -2.23. The van der Waals surface area contributed by atoms with Gasteiger partial charge in [-0.3, -0.25) is 0 Å². The van der Waals surface area contributed by atoms with E-state index in [9.17, 15) is 4.39 Å². The molecule has 0 saturated carbocycles. The van der Waals surface area contributed by atoms with Crippen molar-refractivity contribution in [3.8, 4) is 5.75 Å². The minimum atomic E-state index is -0.534. The van der Waals surface area contributed by atoms with Crippen molar-refractivity contribution in [3.63, 3.8) is 0 Å². The molecule has 2 unspecified atom stereocenters. The molecule has 0 aromatic heterocycles. The van der Waals surface area contributed by atoms with E-state index < -0.39 is 6.29 Å². The highest BCUT2D eigenvalue weighted by Crippen LogP contribution is 2.25. The summed E-state index contributed by atoms with van der Waals surface area (Å²) in [6.45, 7) is 4.04. The van der Waals surface area contributed by atoms with Crippen LogP contribution in [0.15, 0.2) is 54.6 Å². The summed E-state index contributed by atoms with van der Waals surface area (Å²) in [6, 6.07) is 15.7. The van der Waals surface area contributed by atoms with Gasteiger partial charge in [-0.05, 0) is 49.7 Å². The van der Waals surface area contributed by atoms with E-state index >= 15 is 0 Å². The van der Waals surface area contributed by atoms with Gasteiger partial charge in [-0.15, -0.1) is 0 Å². The zero-order valence-corrected chi connectivity index (χ0v) is 11.8. The van der Waals surface area contributed by atoms with Crippen molar-refractivity contribution < 1.29 is 13.9 Å². The summed E-state index contributed by atoms with van der Waals surface area (Å²) >= 11 is 0. The van der Waals surface area contributed by atoms with E-state index in [1.807, 2.05) is 37.3 Å². The number of para-hydroxylation sites is 1. The molecule has 0 aliphatic rings. The molecule has 0 aliphatic carbocycles. The highest BCUT2D eigenvalue weighted by Gasteiger charge is 2.17. The van der Waals surface area contributed by atoms with Crippen molar-refractivity contribution >= 4 is 0 Å². The van der Waals surface area contributed by atoms with Crippen LogP contribution in [-0.4, -0.2) is 6.10 Å². The summed E-state index contributed by atoms with van der Waals surface area (Å²) < 4.78 is 24.8. The van der Waals surface area contributed by atoms with Crippen LogP contribution >= 0.6 is 0 Å². The van der Waals surface area contributed by atoms with Gasteiger partial charge in [0.25, 0.3) is 0 Å². The number of halogens is 1. The molecule has 2 rings (SSSR count). The lowest BCUT2D eigenvalue weighted by atomic mass is 10.2. The number of ether oxygens (including phenoxy) is 2. The van der Waals surface area contributed by atoms with Crippen LogP contribution in [0.4, 0.5) is 4.39 Å². The van der Waals surface area contributed by atoms with Crippen LogP contribution in [0, 0.1) is 5.82 Å². The van der Waals surface area contributed by atoms with Crippen LogP contribution in [0.2, 0.25) is 0 Å². The minimum absolute atomic E-state index is 0.0637. The SMILES string of the molecule is CCC(C)OC(Oc1ccccc1)c1ccc(F)cc1. The molecule has 0 heterocycles. The van der Waals surface area contributed by atoms with Crippen molar-refractivity contribution in [3.05, 3.63) is 66.0 Å². The van der Waals surface area contributed by atoms with Gasteiger partial charge in [-0.2, -0.15) is 0 Å². The summed E-state index contributed by atoms with van der Waals surface area (Å²) in [4.78, 5) is 0. The Morgan fingerprint density at radius 2 is 1.65 bits per heavy atom. The Morgan fingerprint density at radius 3 is 2.25 bits per heavy atom. The molecular formula is C17H19FO2. The van der Waals surface area contributed by atoms with Crippen molar-refractivity contribution in [2.45, 2.75) is 32.7 Å². The number of hydrogen-bond donors (Lipinski definition) is 0. The van der Waals surface area contributed by atoms with Gasteiger partial charge < -0.3 is 9.47 Å². The van der Waals surface area contributed by atoms with Gasteiger partial charge in [-0.1, -0.05) is 25.1 Å². The van der Waals surface area contributed by atoms with Crippen molar-refractivity contribution in [2.75, 3.05) is 0 Å². The second kappa shape index (κ2) is 7.06. The number of rotatable bonds is 6. The van der Waals surface area contributed by atoms with Crippen LogP contribution in [-0.2, 0) is 4.74 Å². The third-order valence-electron chi connectivity index (χ3n) is 3.06. The second-order valence-corrected chi connectivity index (χ2v) is 4.67. The van der Waals surface area contributed by atoms with Gasteiger partial charge in [0, 0.05) is 5.56 Å². The average Bonchev–Trinajstić information content (AvgIpc) is 2.48. The standard InChI is InChI=1S/C17H19FO2/c1-3-13(2)19-17(14-9-11-15(18)12-10-14)20-16-7-5-4-6-8-16/h4-13,17H,3H2,1-2H3. The first kappa shape index (κ1) is 14.5. The highest BCUT2D eigenvalue weighted by atomic mass is 19.1. The van der Waals surface area contributed by atoms with E-state index in [4.69, 9.17) is 9.47 Å². The average molecular weight is 274 g/mol. The predicted octanol–water partition coefficient (Wildman–Crippen LogP) is 4.72. The Kier molecular flexibility index (Phi) is 5.13.